The van der Waals surface area contributed by atoms with E-state index in [-0.39, 0.29) is 17.9 Å². The van der Waals surface area contributed by atoms with Crippen molar-refractivity contribution < 1.29 is 9.59 Å². The Kier molecular flexibility index (Phi) is 6.08. The minimum absolute atomic E-state index is 0.0945. The van der Waals surface area contributed by atoms with Crippen LogP contribution in [-0.2, 0) is 11.3 Å². The number of nitrogens with one attached hydrogen (secondary N) is 1. The first-order chi connectivity index (χ1) is 15.8. The van der Waals surface area contributed by atoms with Crippen LogP contribution in [0.3, 0.4) is 0 Å². The van der Waals surface area contributed by atoms with Crippen molar-refractivity contribution in [2.24, 2.45) is 11.3 Å². The molecule has 176 valence electrons. The van der Waals surface area contributed by atoms with Gasteiger partial charge in [0.2, 0.25) is 0 Å². The molecule has 1 N–H and O–H groups in total. The average Bonchev–Trinajstić information content (AvgIpc) is 3.02. The number of benzene rings is 1. The van der Waals surface area contributed by atoms with Gasteiger partial charge in [-0.3, -0.25) is 14.5 Å². The van der Waals surface area contributed by atoms with Gasteiger partial charge in [-0.25, -0.2) is 0 Å². The highest BCUT2D eigenvalue weighted by atomic mass is 32.1. The zero-order valence-electron chi connectivity index (χ0n) is 20.0. The Balaban J connectivity index is 1.18. The summed E-state index contributed by atoms with van der Waals surface area (Å²) in [6.07, 6.45) is 4.10. The van der Waals surface area contributed by atoms with Gasteiger partial charge in [-0.1, -0.05) is 18.2 Å². The van der Waals surface area contributed by atoms with Gasteiger partial charge in [0.25, 0.3) is 5.91 Å². The molecule has 1 aliphatic heterocycles. The predicted molar refractivity (Wildman–Crippen MR) is 134 cm³/mol. The van der Waals surface area contributed by atoms with E-state index in [2.05, 4.69) is 59.3 Å². The maximum Gasteiger partial charge on any atom is 0.252 e. The maximum atomic E-state index is 13.3. The summed E-state index contributed by atoms with van der Waals surface area (Å²) in [6, 6.07) is 10.9. The summed E-state index contributed by atoms with van der Waals surface area (Å²) in [5.74, 6) is 0.682. The Morgan fingerprint density at radius 1 is 1.00 bits per heavy atom. The lowest BCUT2D eigenvalue weighted by atomic mass is 9.49. The molecule has 0 bridgehead atoms. The van der Waals surface area contributed by atoms with Crippen molar-refractivity contribution in [3.05, 3.63) is 51.2 Å². The topological polar surface area (TPSA) is 52.7 Å². The third kappa shape index (κ3) is 4.47. The molecule has 33 heavy (non-hydrogen) atoms. The molecule has 3 aliphatic rings. The summed E-state index contributed by atoms with van der Waals surface area (Å²) >= 11 is 1.75. The number of thiophene rings is 1. The van der Waals surface area contributed by atoms with Crippen molar-refractivity contribution in [2.75, 3.05) is 31.1 Å². The van der Waals surface area contributed by atoms with E-state index in [1.165, 1.54) is 16.1 Å². The molecular weight excluding hydrogens is 430 g/mol. The molecule has 0 radical (unpaired) electrons. The third-order valence-electron chi connectivity index (χ3n) is 8.12. The number of nitrogens with zero attached hydrogens (tertiary/aromatic N) is 2. The summed E-state index contributed by atoms with van der Waals surface area (Å²) in [6.45, 7) is 10.8. The van der Waals surface area contributed by atoms with Crippen molar-refractivity contribution in [2.45, 2.75) is 59.0 Å². The summed E-state index contributed by atoms with van der Waals surface area (Å²) in [5.41, 5.74) is 3.73. The lowest BCUT2D eigenvalue weighted by Crippen LogP contribution is -2.57. The van der Waals surface area contributed by atoms with Crippen LogP contribution in [0.15, 0.2) is 30.3 Å². The summed E-state index contributed by atoms with van der Waals surface area (Å²) in [7, 11) is 0. The minimum Gasteiger partial charge on any atom is -0.369 e. The van der Waals surface area contributed by atoms with Crippen LogP contribution in [0.4, 0.5) is 5.69 Å². The summed E-state index contributed by atoms with van der Waals surface area (Å²) in [5, 5.41) is 3.32. The van der Waals surface area contributed by atoms with Gasteiger partial charge in [0.15, 0.2) is 0 Å². The normalized spacial score (nSPS) is 27.2. The van der Waals surface area contributed by atoms with Crippen LogP contribution in [0.25, 0.3) is 0 Å². The highest BCUT2D eigenvalue weighted by Crippen LogP contribution is 2.58. The number of amides is 1. The predicted octanol–water partition coefficient (Wildman–Crippen LogP) is 4.56. The molecule has 1 spiro atoms. The molecule has 2 heterocycles. The number of aryl methyl sites for hydroxylation is 2. The van der Waals surface area contributed by atoms with E-state index in [1.54, 1.807) is 18.3 Å². The van der Waals surface area contributed by atoms with Crippen LogP contribution in [0.2, 0.25) is 0 Å². The van der Waals surface area contributed by atoms with Crippen LogP contribution in [0.5, 0.6) is 0 Å². The molecule has 0 unspecified atom stereocenters. The molecule has 5 rings (SSSR count). The van der Waals surface area contributed by atoms with Gasteiger partial charge < -0.3 is 10.2 Å². The Morgan fingerprint density at radius 2 is 1.67 bits per heavy atom. The number of rotatable bonds is 6. The second kappa shape index (κ2) is 8.88. The van der Waals surface area contributed by atoms with Crippen LogP contribution in [0.1, 0.15) is 58.3 Å². The number of hydrogen-bond donors (Lipinski definition) is 1. The molecule has 2 aliphatic carbocycles. The number of anilines is 1. The van der Waals surface area contributed by atoms with E-state index in [0.717, 1.165) is 68.8 Å². The Hall–Kier alpha value is -2.18. The van der Waals surface area contributed by atoms with Crippen molar-refractivity contribution in [1.82, 2.24) is 10.2 Å². The lowest BCUT2D eigenvalue weighted by molar-refractivity contribution is -0.134. The van der Waals surface area contributed by atoms with Gasteiger partial charge in [0.1, 0.15) is 5.78 Å². The first-order valence-corrected chi connectivity index (χ1v) is 13.1. The second-order valence-electron chi connectivity index (χ2n) is 10.5. The summed E-state index contributed by atoms with van der Waals surface area (Å²) in [4.78, 5) is 32.2. The Bertz CT molecular complexity index is 1030. The van der Waals surface area contributed by atoms with E-state index in [4.69, 9.17) is 0 Å². The lowest BCUT2D eigenvalue weighted by Gasteiger charge is -2.57. The van der Waals surface area contributed by atoms with E-state index < -0.39 is 0 Å². The number of para-hydroxylation sites is 1. The molecule has 2 aromatic rings. The van der Waals surface area contributed by atoms with E-state index in [0.29, 0.717) is 11.2 Å². The third-order valence-corrected chi connectivity index (χ3v) is 9.18. The molecule has 0 atom stereocenters. The van der Waals surface area contributed by atoms with Crippen LogP contribution >= 0.6 is 11.3 Å². The Morgan fingerprint density at radius 3 is 2.30 bits per heavy atom. The molecule has 6 heteroatoms. The largest absolute Gasteiger partial charge is 0.369 e. The SMILES string of the molecule is CC(=O)C1CC2(CC(NC(=O)c3c(C)sc(C)c3CN3CCN(c4ccccc4)CC3)C2)C1. The maximum absolute atomic E-state index is 13.3. The van der Waals surface area contributed by atoms with Crippen molar-refractivity contribution in [3.8, 4) is 0 Å². The van der Waals surface area contributed by atoms with Crippen LogP contribution < -0.4 is 10.2 Å². The molecule has 1 aromatic heterocycles. The number of carbonyl (C=O) groups excluding carboxylic acids is 2. The van der Waals surface area contributed by atoms with Gasteiger partial charge in [-0.15, -0.1) is 11.3 Å². The summed E-state index contributed by atoms with van der Waals surface area (Å²) < 4.78 is 0. The van der Waals surface area contributed by atoms with E-state index >= 15 is 0 Å². The molecule has 1 amide bonds. The van der Waals surface area contributed by atoms with Gasteiger partial charge in [-0.05, 0) is 69.6 Å². The molecule has 3 fully saturated rings. The van der Waals surface area contributed by atoms with Crippen molar-refractivity contribution in [3.63, 3.8) is 0 Å². The van der Waals surface area contributed by atoms with E-state index in [9.17, 15) is 9.59 Å². The van der Waals surface area contributed by atoms with Gasteiger partial charge in [0.05, 0.1) is 5.56 Å². The average molecular weight is 466 g/mol. The van der Waals surface area contributed by atoms with Crippen LogP contribution in [-0.4, -0.2) is 48.8 Å². The monoisotopic (exact) mass is 465 g/mol. The fourth-order valence-corrected chi connectivity index (χ4v) is 7.26. The molecule has 1 saturated heterocycles. The zero-order valence-corrected chi connectivity index (χ0v) is 20.8. The van der Waals surface area contributed by atoms with Gasteiger partial charge in [0, 0.05) is 60.1 Å². The fourth-order valence-electron chi connectivity index (χ4n) is 6.20. The smallest absolute Gasteiger partial charge is 0.252 e. The molecule has 1 aromatic carbocycles. The standard InChI is InChI=1S/C27H35N3O2S/c1-18(31)21-13-27(14-21)15-22(16-27)28-26(32)25-20(3)33-19(2)24(25)17-29-9-11-30(12-10-29)23-7-5-4-6-8-23/h4-8,21-22H,9-17H2,1-3H3,(H,28,32). The van der Waals surface area contributed by atoms with Crippen molar-refractivity contribution in [1.29, 1.82) is 0 Å². The molecular formula is C27H35N3O2S. The van der Waals surface area contributed by atoms with E-state index in [1.807, 2.05) is 0 Å². The number of carbonyl (C=O) groups is 2. The van der Waals surface area contributed by atoms with Crippen LogP contribution in [0, 0.1) is 25.2 Å². The molecule has 2 saturated carbocycles. The highest BCUT2D eigenvalue weighted by Gasteiger charge is 2.54. The minimum atomic E-state index is 0.0945. The first kappa shape index (κ1) is 22.6. The second-order valence-corrected chi connectivity index (χ2v) is 11.9. The fraction of sp³-hybridized carbons (Fsp3) is 0.556. The molecule has 5 nitrogen and oxygen atoms in total. The number of ketones is 1. The van der Waals surface area contributed by atoms with Gasteiger partial charge >= 0.3 is 0 Å². The number of piperazine rings is 1. The van der Waals surface area contributed by atoms with Crippen molar-refractivity contribution >= 4 is 28.7 Å². The quantitative estimate of drug-likeness (QED) is 0.679. The highest BCUT2D eigenvalue weighted by molar-refractivity contribution is 7.12. The Labute approximate surface area is 201 Å². The van der Waals surface area contributed by atoms with Gasteiger partial charge in [-0.2, -0.15) is 0 Å². The number of Topliss-reactive ketones (excluding diaryl/α,β-unsaturated/α-hetero) is 1. The first-order valence-electron chi connectivity index (χ1n) is 12.3. The number of hydrogen-bond acceptors (Lipinski definition) is 5. The zero-order chi connectivity index (χ0) is 23.2.